The average molecular weight is 412 g/mol. The van der Waals surface area contributed by atoms with Gasteiger partial charge in [0, 0.05) is 17.9 Å². The molecule has 5 nitrogen and oxygen atoms in total. The summed E-state index contributed by atoms with van der Waals surface area (Å²) >= 11 is 0. The van der Waals surface area contributed by atoms with E-state index in [0.717, 1.165) is 63.6 Å². The normalized spacial score (nSPS) is 13.6. The molecule has 0 saturated carbocycles. The quantitative estimate of drug-likeness (QED) is 0.455. The van der Waals surface area contributed by atoms with Gasteiger partial charge in [-0.2, -0.15) is 4.57 Å². The highest BCUT2D eigenvalue weighted by molar-refractivity contribution is 6.02. The van der Waals surface area contributed by atoms with E-state index in [1.807, 2.05) is 6.07 Å². The third-order valence-corrected chi connectivity index (χ3v) is 6.20. The van der Waals surface area contributed by atoms with Gasteiger partial charge >= 0.3 is 0 Å². The van der Waals surface area contributed by atoms with Gasteiger partial charge in [0.25, 0.3) is 0 Å². The van der Waals surface area contributed by atoms with Crippen LogP contribution in [0.25, 0.3) is 33.2 Å². The van der Waals surface area contributed by atoms with Crippen LogP contribution >= 0.6 is 0 Å². The van der Waals surface area contributed by atoms with Crippen LogP contribution in [0.1, 0.15) is 5.56 Å². The first-order chi connectivity index (χ1) is 15.3. The van der Waals surface area contributed by atoms with Crippen molar-refractivity contribution in [1.82, 2.24) is 0 Å². The van der Waals surface area contributed by atoms with E-state index in [-0.39, 0.29) is 6.79 Å². The minimum atomic E-state index is 0.283. The summed E-state index contributed by atoms with van der Waals surface area (Å²) in [6.45, 7) is 1.17. The van der Waals surface area contributed by atoms with Gasteiger partial charge in [-0.1, -0.05) is 30.3 Å². The van der Waals surface area contributed by atoms with Crippen molar-refractivity contribution in [3.05, 3.63) is 66.4 Å². The lowest BCUT2D eigenvalue weighted by atomic mass is 9.92. The van der Waals surface area contributed by atoms with Crippen LogP contribution in [0, 0.1) is 0 Å². The zero-order valence-electron chi connectivity index (χ0n) is 17.5. The number of pyridine rings is 1. The molecule has 0 radical (unpaired) electrons. The predicted octanol–water partition coefficient (Wildman–Crippen LogP) is 4.76. The fourth-order valence-corrected chi connectivity index (χ4v) is 4.71. The van der Waals surface area contributed by atoms with Crippen molar-refractivity contribution in [2.75, 3.05) is 21.0 Å². The Morgan fingerprint density at radius 3 is 2.42 bits per heavy atom. The largest absolute Gasteiger partial charge is 0.493 e. The monoisotopic (exact) mass is 412 g/mol. The molecule has 0 fully saturated rings. The molecule has 0 N–H and O–H groups in total. The van der Waals surface area contributed by atoms with Crippen molar-refractivity contribution in [2.24, 2.45) is 0 Å². The molecule has 31 heavy (non-hydrogen) atoms. The smallest absolute Gasteiger partial charge is 0.231 e. The van der Waals surface area contributed by atoms with Gasteiger partial charge in [0.1, 0.15) is 0 Å². The first-order valence-electron chi connectivity index (χ1n) is 10.4. The van der Waals surface area contributed by atoms with Crippen LogP contribution in [0.15, 0.2) is 60.8 Å². The Kier molecular flexibility index (Phi) is 4.03. The zero-order valence-corrected chi connectivity index (χ0v) is 17.5. The van der Waals surface area contributed by atoms with Crippen LogP contribution in [-0.4, -0.2) is 21.0 Å². The molecule has 3 heterocycles. The van der Waals surface area contributed by atoms with Crippen molar-refractivity contribution in [3.63, 3.8) is 0 Å². The van der Waals surface area contributed by atoms with Gasteiger partial charge in [0.05, 0.1) is 25.2 Å². The van der Waals surface area contributed by atoms with E-state index in [2.05, 4.69) is 59.3 Å². The molecule has 0 amide bonds. The maximum atomic E-state index is 5.79. The number of aromatic nitrogens is 1. The highest BCUT2D eigenvalue weighted by atomic mass is 16.7. The summed E-state index contributed by atoms with van der Waals surface area (Å²) in [5.41, 5.74) is 5.89. The summed E-state index contributed by atoms with van der Waals surface area (Å²) < 4.78 is 25.0. The van der Waals surface area contributed by atoms with Crippen molar-refractivity contribution in [2.45, 2.75) is 13.0 Å². The summed E-state index contributed by atoms with van der Waals surface area (Å²) in [5.74, 6) is 3.13. The Labute approximate surface area is 180 Å². The van der Waals surface area contributed by atoms with E-state index >= 15 is 0 Å². The van der Waals surface area contributed by atoms with Crippen LogP contribution in [0.2, 0.25) is 0 Å². The molecule has 6 rings (SSSR count). The summed E-state index contributed by atoms with van der Waals surface area (Å²) in [7, 11) is 3.38. The van der Waals surface area contributed by atoms with Crippen molar-refractivity contribution in [1.29, 1.82) is 0 Å². The lowest BCUT2D eigenvalue weighted by Gasteiger charge is -2.19. The molecular formula is C26H22NO4+. The number of hydrogen-bond donors (Lipinski definition) is 0. The van der Waals surface area contributed by atoms with Gasteiger partial charge < -0.3 is 18.9 Å². The van der Waals surface area contributed by atoms with E-state index in [1.54, 1.807) is 14.2 Å². The van der Waals surface area contributed by atoms with Gasteiger partial charge in [-0.05, 0) is 34.9 Å². The fourth-order valence-electron chi connectivity index (χ4n) is 4.71. The molecule has 0 unspecified atom stereocenters. The van der Waals surface area contributed by atoms with Crippen molar-refractivity contribution >= 4 is 10.8 Å². The van der Waals surface area contributed by atoms with Gasteiger partial charge in [0.15, 0.2) is 35.7 Å². The molecule has 154 valence electrons. The molecule has 1 aromatic heterocycles. The van der Waals surface area contributed by atoms with Crippen LogP contribution in [0.3, 0.4) is 0 Å². The van der Waals surface area contributed by atoms with Crippen LogP contribution in [0.4, 0.5) is 0 Å². The number of hydrogen-bond acceptors (Lipinski definition) is 4. The second-order valence-electron chi connectivity index (χ2n) is 7.82. The number of rotatable bonds is 3. The average Bonchev–Trinajstić information content (AvgIpc) is 3.28. The van der Waals surface area contributed by atoms with Gasteiger partial charge in [-0.3, -0.25) is 0 Å². The SMILES string of the molecule is COc1cc(-c2ccccc2)c2cc3[n+](cc2c1OC)CCc1cc2c(cc1-3)OCO2. The molecular weight excluding hydrogens is 390 g/mol. The van der Waals surface area contributed by atoms with Gasteiger partial charge in [-0.25, -0.2) is 0 Å². The number of aryl methyl sites for hydroxylation is 2. The first kappa shape index (κ1) is 18.1. The second kappa shape index (κ2) is 6.91. The molecule has 2 aliphatic heterocycles. The number of nitrogens with zero attached hydrogens (tertiary/aromatic N) is 1. The Bertz CT molecular complexity index is 1330. The molecule has 2 aliphatic rings. The number of fused-ring (bicyclic) bond motifs is 5. The highest BCUT2D eigenvalue weighted by Gasteiger charge is 2.29. The molecule has 5 heteroatoms. The van der Waals surface area contributed by atoms with E-state index < -0.39 is 0 Å². The molecule has 0 saturated heterocycles. The summed E-state index contributed by atoms with van der Waals surface area (Å²) in [5, 5.41) is 2.16. The van der Waals surface area contributed by atoms with E-state index in [0.29, 0.717) is 0 Å². The Hall–Kier alpha value is -3.73. The predicted molar refractivity (Wildman–Crippen MR) is 118 cm³/mol. The van der Waals surface area contributed by atoms with Crippen LogP contribution in [-0.2, 0) is 13.0 Å². The Morgan fingerprint density at radius 2 is 1.65 bits per heavy atom. The maximum Gasteiger partial charge on any atom is 0.231 e. The molecule has 0 spiro atoms. The minimum Gasteiger partial charge on any atom is -0.493 e. The van der Waals surface area contributed by atoms with E-state index in [4.69, 9.17) is 18.9 Å². The summed E-state index contributed by atoms with van der Waals surface area (Å²) in [6, 6.07) is 19.0. The Balaban J connectivity index is 1.67. The molecule has 0 atom stereocenters. The second-order valence-corrected chi connectivity index (χ2v) is 7.82. The zero-order chi connectivity index (χ0) is 20.9. The first-order valence-corrected chi connectivity index (χ1v) is 10.4. The van der Waals surface area contributed by atoms with Crippen LogP contribution in [0.5, 0.6) is 23.0 Å². The summed E-state index contributed by atoms with van der Waals surface area (Å²) in [4.78, 5) is 0. The van der Waals surface area contributed by atoms with E-state index in [1.165, 1.54) is 11.1 Å². The van der Waals surface area contributed by atoms with Gasteiger partial charge in [0.2, 0.25) is 12.5 Å². The molecule has 3 aromatic carbocycles. The van der Waals surface area contributed by atoms with Gasteiger partial charge in [-0.15, -0.1) is 0 Å². The fraction of sp³-hybridized carbons (Fsp3) is 0.192. The lowest BCUT2D eigenvalue weighted by molar-refractivity contribution is -0.686. The Morgan fingerprint density at radius 1 is 0.839 bits per heavy atom. The third kappa shape index (κ3) is 2.73. The molecule has 0 bridgehead atoms. The number of benzene rings is 3. The third-order valence-electron chi connectivity index (χ3n) is 6.20. The standard InChI is InChI=1S/C26H22NO4/c1-28-25-12-18(16-6-4-3-5-7-16)20-11-22-19-13-24-23(30-15-31-24)10-17(19)8-9-27(22)14-21(20)26(25)29-2/h3-7,10-14H,8-9,15H2,1-2H3/q+1. The van der Waals surface area contributed by atoms with Crippen LogP contribution < -0.4 is 23.5 Å². The van der Waals surface area contributed by atoms with Crippen molar-refractivity contribution < 1.29 is 23.5 Å². The maximum absolute atomic E-state index is 5.79. The minimum absolute atomic E-state index is 0.283. The molecule has 4 aromatic rings. The molecule has 0 aliphatic carbocycles. The van der Waals surface area contributed by atoms with Crippen molar-refractivity contribution in [3.8, 4) is 45.4 Å². The van der Waals surface area contributed by atoms with E-state index in [9.17, 15) is 0 Å². The highest BCUT2D eigenvalue weighted by Crippen LogP contribution is 2.44. The topological polar surface area (TPSA) is 40.8 Å². The lowest BCUT2D eigenvalue weighted by Crippen LogP contribution is -2.40. The number of ether oxygens (including phenoxy) is 4. The number of methoxy groups -OCH3 is 2. The summed E-state index contributed by atoms with van der Waals surface area (Å²) in [6.07, 6.45) is 3.12.